The van der Waals surface area contributed by atoms with Crippen LogP contribution < -0.4 is 0 Å². The second-order valence-corrected chi connectivity index (χ2v) is 7.06. The van der Waals surface area contributed by atoms with Crippen molar-refractivity contribution in [3.8, 4) is 0 Å². The van der Waals surface area contributed by atoms with E-state index in [1.807, 2.05) is 24.8 Å². The summed E-state index contributed by atoms with van der Waals surface area (Å²) in [6.07, 6.45) is 3.49. The van der Waals surface area contributed by atoms with Crippen molar-refractivity contribution in [2.75, 3.05) is 19.7 Å². The SMILES string of the molecule is CC(C)c1ccoc1C(=O)N1CCC([C@@H]2OCCC2C(=O)O)CC1. The molecule has 6 heteroatoms. The van der Waals surface area contributed by atoms with Crippen LogP contribution in [-0.2, 0) is 9.53 Å². The summed E-state index contributed by atoms with van der Waals surface area (Å²) in [7, 11) is 0. The van der Waals surface area contributed by atoms with Crippen molar-refractivity contribution in [2.45, 2.75) is 45.1 Å². The number of carbonyl (C=O) groups is 2. The smallest absolute Gasteiger partial charge is 0.309 e. The summed E-state index contributed by atoms with van der Waals surface area (Å²) in [6.45, 7) is 5.83. The maximum atomic E-state index is 12.7. The molecule has 0 bridgehead atoms. The van der Waals surface area contributed by atoms with Gasteiger partial charge < -0.3 is 19.2 Å². The van der Waals surface area contributed by atoms with Crippen LogP contribution in [-0.4, -0.2) is 47.7 Å². The van der Waals surface area contributed by atoms with Gasteiger partial charge in [0.05, 0.1) is 18.3 Å². The Morgan fingerprint density at radius 3 is 2.58 bits per heavy atom. The molecule has 6 nitrogen and oxygen atoms in total. The Labute approximate surface area is 141 Å². The molecule has 24 heavy (non-hydrogen) atoms. The second-order valence-electron chi connectivity index (χ2n) is 7.06. The first kappa shape index (κ1) is 17.0. The number of hydrogen-bond donors (Lipinski definition) is 1. The topological polar surface area (TPSA) is 80.0 Å². The molecule has 0 aromatic carbocycles. The molecule has 2 fully saturated rings. The maximum absolute atomic E-state index is 12.7. The molecular formula is C18H25NO5. The van der Waals surface area contributed by atoms with Crippen LogP contribution in [0.5, 0.6) is 0 Å². The Morgan fingerprint density at radius 2 is 1.96 bits per heavy atom. The van der Waals surface area contributed by atoms with Gasteiger partial charge in [0.2, 0.25) is 0 Å². The lowest BCUT2D eigenvalue weighted by atomic mass is 9.84. The van der Waals surface area contributed by atoms with Crippen LogP contribution >= 0.6 is 0 Å². The first-order valence-corrected chi connectivity index (χ1v) is 8.70. The van der Waals surface area contributed by atoms with E-state index in [-0.39, 0.29) is 23.8 Å². The van der Waals surface area contributed by atoms with E-state index in [4.69, 9.17) is 9.15 Å². The zero-order valence-electron chi connectivity index (χ0n) is 14.2. The summed E-state index contributed by atoms with van der Waals surface area (Å²) < 4.78 is 11.1. The van der Waals surface area contributed by atoms with E-state index in [9.17, 15) is 14.7 Å². The van der Waals surface area contributed by atoms with E-state index in [1.54, 1.807) is 6.26 Å². The van der Waals surface area contributed by atoms with Gasteiger partial charge in [0.25, 0.3) is 5.91 Å². The molecule has 132 valence electrons. The summed E-state index contributed by atoms with van der Waals surface area (Å²) in [5.74, 6) is -0.362. The second kappa shape index (κ2) is 6.97. The van der Waals surface area contributed by atoms with Gasteiger partial charge in [0, 0.05) is 25.3 Å². The third-order valence-electron chi connectivity index (χ3n) is 5.26. The van der Waals surface area contributed by atoms with Crippen LogP contribution in [0, 0.1) is 11.8 Å². The van der Waals surface area contributed by atoms with Gasteiger partial charge >= 0.3 is 5.97 Å². The van der Waals surface area contributed by atoms with E-state index >= 15 is 0 Å². The number of carbonyl (C=O) groups excluding carboxylic acids is 1. The van der Waals surface area contributed by atoms with Gasteiger partial charge in [0.1, 0.15) is 0 Å². The molecule has 0 radical (unpaired) electrons. The fourth-order valence-corrected chi connectivity index (χ4v) is 3.86. The van der Waals surface area contributed by atoms with Crippen molar-refractivity contribution in [3.63, 3.8) is 0 Å². The minimum Gasteiger partial charge on any atom is -0.481 e. The number of hydrogen-bond acceptors (Lipinski definition) is 4. The minimum atomic E-state index is -0.770. The quantitative estimate of drug-likeness (QED) is 0.915. The van der Waals surface area contributed by atoms with Crippen LogP contribution in [0.1, 0.15) is 55.1 Å². The number of piperidine rings is 1. The Hall–Kier alpha value is -1.82. The van der Waals surface area contributed by atoms with Gasteiger partial charge in [-0.3, -0.25) is 9.59 Å². The van der Waals surface area contributed by atoms with Gasteiger partial charge in [-0.1, -0.05) is 13.8 Å². The molecule has 2 saturated heterocycles. The number of furan rings is 1. The molecule has 1 aromatic heterocycles. The maximum Gasteiger partial charge on any atom is 0.309 e. The van der Waals surface area contributed by atoms with E-state index in [1.165, 1.54) is 0 Å². The third-order valence-corrected chi connectivity index (χ3v) is 5.26. The van der Waals surface area contributed by atoms with E-state index in [0.29, 0.717) is 31.9 Å². The number of nitrogens with zero attached hydrogens (tertiary/aromatic N) is 1. The van der Waals surface area contributed by atoms with Gasteiger partial charge in [0.15, 0.2) is 5.76 Å². The zero-order chi connectivity index (χ0) is 17.3. The average molecular weight is 335 g/mol. The standard InChI is InChI=1S/C18H25NO5/c1-11(2)13-5-9-24-16(13)17(20)19-7-3-12(4-8-19)15-14(18(21)22)6-10-23-15/h5,9,11-12,14-15H,3-4,6-8,10H2,1-2H3,(H,21,22)/t14?,15-/m0/s1. The van der Waals surface area contributed by atoms with Gasteiger partial charge in [-0.15, -0.1) is 0 Å². The van der Waals surface area contributed by atoms with Gasteiger partial charge in [-0.05, 0) is 37.2 Å². The first-order valence-electron chi connectivity index (χ1n) is 8.70. The zero-order valence-corrected chi connectivity index (χ0v) is 14.2. The number of ether oxygens (including phenoxy) is 1. The molecule has 0 aliphatic carbocycles. The molecule has 1 unspecified atom stereocenters. The fraction of sp³-hybridized carbons (Fsp3) is 0.667. The number of aliphatic carboxylic acids is 1. The predicted molar refractivity (Wildman–Crippen MR) is 86.9 cm³/mol. The Morgan fingerprint density at radius 1 is 1.25 bits per heavy atom. The van der Waals surface area contributed by atoms with E-state index in [2.05, 4.69) is 0 Å². The summed E-state index contributed by atoms with van der Waals surface area (Å²) in [5, 5.41) is 9.31. The number of carboxylic acid groups (broad SMARTS) is 1. The molecule has 3 heterocycles. The predicted octanol–water partition coefficient (Wildman–Crippen LogP) is 2.74. The van der Waals surface area contributed by atoms with Crippen molar-refractivity contribution < 1.29 is 23.8 Å². The highest BCUT2D eigenvalue weighted by Gasteiger charge is 2.41. The summed E-state index contributed by atoms with van der Waals surface area (Å²) in [6, 6.07) is 1.86. The summed E-state index contributed by atoms with van der Waals surface area (Å²) in [5.41, 5.74) is 0.937. The molecule has 2 atom stereocenters. The van der Waals surface area contributed by atoms with Gasteiger partial charge in [-0.25, -0.2) is 0 Å². The highest BCUT2D eigenvalue weighted by molar-refractivity contribution is 5.93. The number of rotatable bonds is 4. The number of amides is 1. The van der Waals surface area contributed by atoms with E-state index in [0.717, 1.165) is 18.4 Å². The molecular weight excluding hydrogens is 310 g/mol. The molecule has 1 aromatic rings. The third kappa shape index (κ3) is 3.20. The highest BCUT2D eigenvalue weighted by Crippen LogP contribution is 2.34. The molecule has 1 amide bonds. The number of likely N-dealkylation sites (tertiary alicyclic amines) is 1. The Balaban J connectivity index is 1.62. The van der Waals surface area contributed by atoms with Crippen LogP contribution in [0.3, 0.4) is 0 Å². The normalized spacial score (nSPS) is 25.4. The van der Waals surface area contributed by atoms with Gasteiger partial charge in [-0.2, -0.15) is 0 Å². The molecule has 1 N–H and O–H groups in total. The monoisotopic (exact) mass is 335 g/mol. The van der Waals surface area contributed by atoms with Crippen LogP contribution in [0.2, 0.25) is 0 Å². The fourth-order valence-electron chi connectivity index (χ4n) is 3.86. The van der Waals surface area contributed by atoms with Crippen molar-refractivity contribution in [3.05, 3.63) is 23.7 Å². The highest BCUT2D eigenvalue weighted by atomic mass is 16.5. The largest absolute Gasteiger partial charge is 0.481 e. The Kier molecular flexibility index (Phi) is 4.94. The first-order chi connectivity index (χ1) is 11.5. The van der Waals surface area contributed by atoms with Crippen molar-refractivity contribution in [1.82, 2.24) is 4.90 Å². The van der Waals surface area contributed by atoms with Crippen molar-refractivity contribution in [1.29, 1.82) is 0 Å². The Bertz CT molecular complexity index is 600. The molecule has 0 spiro atoms. The molecule has 0 saturated carbocycles. The van der Waals surface area contributed by atoms with Crippen molar-refractivity contribution >= 4 is 11.9 Å². The number of carboxylic acids is 1. The lowest BCUT2D eigenvalue weighted by Crippen LogP contribution is -2.43. The lowest BCUT2D eigenvalue weighted by molar-refractivity contribution is -0.145. The molecule has 3 rings (SSSR count). The van der Waals surface area contributed by atoms with Crippen LogP contribution in [0.4, 0.5) is 0 Å². The van der Waals surface area contributed by atoms with Crippen molar-refractivity contribution in [2.24, 2.45) is 11.8 Å². The van der Waals surface area contributed by atoms with Crippen LogP contribution in [0.25, 0.3) is 0 Å². The summed E-state index contributed by atoms with van der Waals surface area (Å²) in [4.78, 5) is 25.8. The lowest BCUT2D eigenvalue weighted by Gasteiger charge is -2.35. The molecule has 2 aliphatic rings. The van der Waals surface area contributed by atoms with E-state index < -0.39 is 11.9 Å². The summed E-state index contributed by atoms with van der Waals surface area (Å²) >= 11 is 0. The average Bonchev–Trinajstić information content (AvgIpc) is 3.23. The minimum absolute atomic E-state index is 0.0655. The molecule has 2 aliphatic heterocycles. The van der Waals surface area contributed by atoms with Crippen LogP contribution in [0.15, 0.2) is 16.7 Å².